The zero-order valence-corrected chi connectivity index (χ0v) is 9.41. The summed E-state index contributed by atoms with van der Waals surface area (Å²) in [6.45, 7) is 10.0. The van der Waals surface area contributed by atoms with E-state index in [1.54, 1.807) is 0 Å². The van der Waals surface area contributed by atoms with Crippen LogP contribution in [0.3, 0.4) is 0 Å². The van der Waals surface area contributed by atoms with Crippen molar-refractivity contribution in [3.05, 3.63) is 29.6 Å². The van der Waals surface area contributed by atoms with Crippen LogP contribution < -0.4 is 0 Å². The van der Waals surface area contributed by atoms with Crippen molar-refractivity contribution >= 4 is 0 Å². The molecule has 0 saturated heterocycles. The van der Waals surface area contributed by atoms with E-state index < -0.39 is 0 Å². The van der Waals surface area contributed by atoms with Gasteiger partial charge in [0.25, 0.3) is 0 Å². The van der Waals surface area contributed by atoms with Crippen molar-refractivity contribution in [3.63, 3.8) is 0 Å². The lowest BCUT2D eigenvalue weighted by atomic mass is 10.0. The van der Waals surface area contributed by atoms with Gasteiger partial charge >= 0.3 is 0 Å². The van der Waals surface area contributed by atoms with Gasteiger partial charge in [0.1, 0.15) is 0 Å². The Morgan fingerprint density at radius 2 is 2.14 bits per heavy atom. The van der Waals surface area contributed by atoms with Gasteiger partial charge in [-0.1, -0.05) is 6.07 Å². The first-order chi connectivity index (χ1) is 6.50. The van der Waals surface area contributed by atoms with Crippen LogP contribution in [0.1, 0.15) is 45.0 Å². The van der Waals surface area contributed by atoms with Gasteiger partial charge in [0.15, 0.2) is 0 Å². The summed E-state index contributed by atoms with van der Waals surface area (Å²) in [6, 6.07) is 4.72. The molecule has 2 rings (SSSR count). The quantitative estimate of drug-likeness (QED) is 0.625. The van der Waals surface area contributed by atoms with E-state index >= 15 is 0 Å². The summed E-state index contributed by atoms with van der Waals surface area (Å²) in [6.07, 6.45) is 1.89. The SMILES string of the molecule is CC1c2cccnc2CN1C(C)(C)C. The van der Waals surface area contributed by atoms with Gasteiger partial charge in [-0.05, 0) is 39.3 Å². The lowest BCUT2D eigenvalue weighted by Gasteiger charge is -2.35. The Morgan fingerprint density at radius 1 is 1.43 bits per heavy atom. The molecule has 76 valence electrons. The van der Waals surface area contributed by atoms with Gasteiger partial charge in [-0.25, -0.2) is 0 Å². The lowest BCUT2D eigenvalue weighted by Crippen LogP contribution is -2.38. The van der Waals surface area contributed by atoms with Crippen LogP contribution in [0, 0.1) is 0 Å². The number of hydrogen-bond acceptors (Lipinski definition) is 2. The normalized spacial score (nSPS) is 22.4. The van der Waals surface area contributed by atoms with Crippen molar-refractivity contribution in [2.24, 2.45) is 0 Å². The highest BCUT2D eigenvalue weighted by Gasteiger charge is 2.34. The van der Waals surface area contributed by atoms with Crippen LogP contribution in [-0.4, -0.2) is 15.4 Å². The predicted molar refractivity (Wildman–Crippen MR) is 57.9 cm³/mol. The Hall–Kier alpha value is -0.890. The molecule has 0 spiro atoms. The minimum absolute atomic E-state index is 0.222. The number of fused-ring (bicyclic) bond motifs is 1. The zero-order chi connectivity index (χ0) is 10.3. The van der Waals surface area contributed by atoms with Crippen molar-refractivity contribution < 1.29 is 0 Å². The maximum atomic E-state index is 4.43. The average molecular weight is 190 g/mol. The van der Waals surface area contributed by atoms with Crippen LogP contribution in [0.2, 0.25) is 0 Å². The summed E-state index contributed by atoms with van der Waals surface area (Å²) in [4.78, 5) is 6.92. The highest BCUT2D eigenvalue weighted by atomic mass is 15.2. The summed E-state index contributed by atoms with van der Waals surface area (Å²) < 4.78 is 0. The molecular weight excluding hydrogens is 172 g/mol. The second-order valence-electron chi connectivity index (χ2n) is 5.01. The molecule has 1 atom stereocenters. The van der Waals surface area contributed by atoms with Crippen molar-refractivity contribution in [3.8, 4) is 0 Å². The van der Waals surface area contributed by atoms with Gasteiger partial charge in [-0.2, -0.15) is 0 Å². The monoisotopic (exact) mass is 190 g/mol. The fraction of sp³-hybridized carbons (Fsp3) is 0.583. The molecule has 0 amide bonds. The summed E-state index contributed by atoms with van der Waals surface area (Å²) in [7, 11) is 0. The van der Waals surface area contributed by atoms with E-state index in [0.29, 0.717) is 6.04 Å². The first-order valence-corrected chi connectivity index (χ1v) is 5.20. The summed E-state index contributed by atoms with van der Waals surface area (Å²) in [5.74, 6) is 0. The van der Waals surface area contributed by atoms with Gasteiger partial charge in [-0.15, -0.1) is 0 Å². The molecule has 1 aromatic heterocycles. The molecule has 2 heterocycles. The van der Waals surface area contributed by atoms with Crippen LogP contribution in [0.15, 0.2) is 18.3 Å². The van der Waals surface area contributed by atoms with Gasteiger partial charge in [0.2, 0.25) is 0 Å². The van der Waals surface area contributed by atoms with Gasteiger partial charge in [0.05, 0.1) is 5.69 Å². The van der Waals surface area contributed by atoms with Crippen molar-refractivity contribution in [2.45, 2.75) is 45.8 Å². The molecule has 0 N–H and O–H groups in total. The van der Waals surface area contributed by atoms with Crippen LogP contribution in [0.5, 0.6) is 0 Å². The molecular formula is C12H18N2. The van der Waals surface area contributed by atoms with E-state index in [1.807, 2.05) is 12.3 Å². The fourth-order valence-corrected chi connectivity index (χ4v) is 2.25. The first kappa shape index (κ1) is 9.66. The first-order valence-electron chi connectivity index (χ1n) is 5.20. The Bertz CT molecular complexity index is 338. The number of nitrogens with zero attached hydrogens (tertiary/aromatic N) is 2. The van der Waals surface area contributed by atoms with Crippen molar-refractivity contribution in [1.82, 2.24) is 9.88 Å². The third-order valence-electron chi connectivity index (χ3n) is 3.02. The maximum Gasteiger partial charge on any atom is 0.0592 e. The summed E-state index contributed by atoms with van der Waals surface area (Å²) in [5.41, 5.74) is 2.86. The van der Waals surface area contributed by atoms with Crippen LogP contribution in [0.25, 0.3) is 0 Å². The van der Waals surface area contributed by atoms with Crippen LogP contribution >= 0.6 is 0 Å². The van der Waals surface area contributed by atoms with Crippen molar-refractivity contribution in [2.75, 3.05) is 0 Å². The molecule has 14 heavy (non-hydrogen) atoms. The molecule has 1 aromatic rings. The number of rotatable bonds is 0. The predicted octanol–water partition coefficient (Wildman–Crippen LogP) is 2.76. The molecule has 1 aliphatic rings. The third-order valence-corrected chi connectivity index (χ3v) is 3.02. The van der Waals surface area contributed by atoms with Gasteiger partial charge < -0.3 is 0 Å². The average Bonchev–Trinajstić information content (AvgIpc) is 2.44. The number of aromatic nitrogens is 1. The highest BCUT2D eigenvalue weighted by molar-refractivity contribution is 5.28. The largest absolute Gasteiger partial charge is 0.286 e. The molecule has 0 aliphatic carbocycles. The van der Waals surface area contributed by atoms with E-state index in [-0.39, 0.29) is 5.54 Å². The van der Waals surface area contributed by atoms with E-state index in [2.05, 4.69) is 43.6 Å². The Balaban J connectivity index is 2.35. The van der Waals surface area contributed by atoms with E-state index in [9.17, 15) is 0 Å². The second kappa shape index (κ2) is 3.06. The second-order valence-corrected chi connectivity index (χ2v) is 5.01. The third kappa shape index (κ3) is 1.44. The van der Waals surface area contributed by atoms with E-state index in [4.69, 9.17) is 0 Å². The minimum Gasteiger partial charge on any atom is -0.286 e. The molecule has 1 aliphatic heterocycles. The summed E-state index contributed by atoms with van der Waals surface area (Å²) in [5, 5.41) is 0. The molecule has 2 nitrogen and oxygen atoms in total. The molecule has 1 unspecified atom stereocenters. The molecule has 0 bridgehead atoms. The van der Waals surface area contributed by atoms with Gasteiger partial charge in [0, 0.05) is 24.3 Å². The Labute approximate surface area is 86.0 Å². The molecule has 0 radical (unpaired) electrons. The number of hydrogen-bond donors (Lipinski definition) is 0. The van der Waals surface area contributed by atoms with Crippen molar-refractivity contribution in [1.29, 1.82) is 0 Å². The fourth-order valence-electron chi connectivity index (χ4n) is 2.25. The van der Waals surface area contributed by atoms with Gasteiger partial charge in [-0.3, -0.25) is 9.88 Å². The highest BCUT2D eigenvalue weighted by Crippen LogP contribution is 2.36. The summed E-state index contributed by atoms with van der Waals surface area (Å²) >= 11 is 0. The van der Waals surface area contributed by atoms with Crippen LogP contribution in [0.4, 0.5) is 0 Å². The molecule has 0 fully saturated rings. The molecule has 2 heteroatoms. The number of pyridine rings is 1. The lowest BCUT2D eigenvalue weighted by molar-refractivity contribution is 0.0994. The van der Waals surface area contributed by atoms with E-state index in [0.717, 1.165) is 6.54 Å². The maximum absolute atomic E-state index is 4.43. The smallest absolute Gasteiger partial charge is 0.0592 e. The standard InChI is InChI=1S/C12H18N2/c1-9-10-6-5-7-13-11(10)8-14(9)12(2,3)4/h5-7,9H,8H2,1-4H3. The Kier molecular flexibility index (Phi) is 2.11. The molecule has 0 aromatic carbocycles. The zero-order valence-electron chi connectivity index (χ0n) is 9.41. The molecule has 0 saturated carbocycles. The topological polar surface area (TPSA) is 16.1 Å². The minimum atomic E-state index is 0.222. The van der Waals surface area contributed by atoms with Crippen LogP contribution in [-0.2, 0) is 6.54 Å². The van der Waals surface area contributed by atoms with E-state index in [1.165, 1.54) is 11.3 Å². The Morgan fingerprint density at radius 3 is 2.71 bits per heavy atom.